The Morgan fingerprint density at radius 3 is 0.867 bits per heavy atom. The SMILES string of the molecule is Cc1cc(-c2cc3ccccc3c(-c3ccc(-c4cccc5cccnc45)c(C)c3)n2)ccc1-c1cccc2cccnc12.c1ccc2c(-c3ccc(-c4cc5ccccc5c(-c5ccc(-c6nccc7ccccc67)cc5)n4)cc3)nccc2c1.c1ccc2c(-c3ccc(-c4cnc5ccccc5n4)cc3)nc(-c3ccc(-c4cnc5ccccc5n4)cc3)cc2c1. The van der Waals surface area contributed by atoms with Crippen LogP contribution in [0.5, 0.6) is 0 Å². The lowest BCUT2D eigenvalue weighted by molar-refractivity contribution is 1.29. The maximum atomic E-state index is 5.30. The average Bonchev–Trinajstić information content (AvgIpc) is 0.768. The van der Waals surface area contributed by atoms with Crippen LogP contribution >= 0.6 is 0 Å². The van der Waals surface area contributed by atoms with Gasteiger partial charge in [-0.05, 0) is 142 Å². The summed E-state index contributed by atoms with van der Waals surface area (Å²) in [4.78, 5) is 53.2. The fourth-order valence-electron chi connectivity index (χ4n) is 17.7. The summed E-state index contributed by atoms with van der Waals surface area (Å²) in [5.74, 6) is 0. The zero-order chi connectivity index (χ0) is 85.4. The standard InChI is InChI=1S/C41H29N3.C39H25N3.C37H23N5/c1-26-23-31(17-19-33(26)36-15-5-10-28-12-7-21-42-39(28)36)38-25-30-9-3-4-14-35(30)41(44-38)32-18-20-34(27(2)24-32)37-16-6-11-29-13-8-22-43-40(29)37;1-4-10-33-26(7-1)21-23-40-37(33)29-15-13-28(14-16-29)36-25-32-9-3-6-12-35(32)39(42-36)31-19-17-30(18-20-31)38-34-11-5-2-8-27(34)22-24-41-38;1-2-8-29-28(7-1)21-34(24-13-15-25(16-14-24)35-22-38-30-9-3-5-11-32(30)40-35)42-37(29)27-19-17-26(18-20-27)36-23-39-31-10-4-6-12-33(31)41-36/h3-25H,1-2H3;1-25H;1-23H. The molecule has 0 aliphatic heterocycles. The summed E-state index contributed by atoms with van der Waals surface area (Å²) in [6.07, 6.45) is 11.2. The Kier molecular flexibility index (Phi) is 20.2. The maximum absolute atomic E-state index is 5.30. The monoisotopic (exact) mass is 1640 g/mol. The maximum Gasteiger partial charge on any atom is 0.0894 e. The third-order valence-corrected chi connectivity index (χ3v) is 24.1. The van der Waals surface area contributed by atoms with Crippen LogP contribution in [0, 0.1) is 13.8 Å². The average molecular weight is 1640 g/mol. The Balaban J connectivity index is 0.000000113. The van der Waals surface area contributed by atoms with E-state index in [2.05, 4.69) is 357 Å². The van der Waals surface area contributed by atoms with Crippen molar-refractivity contribution in [1.29, 1.82) is 0 Å². The van der Waals surface area contributed by atoms with Gasteiger partial charge in [0.25, 0.3) is 0 Å². The first-order valence-electron chi connectivity index (χ1n) is 42.9. The van der Waals surface area contributed by atoms with E-state index in [9.17, 15) is 0 Å². The normalized spacial score (nSPS) is 11.4. The molecule has 0 fully saturated rings. The fourth-order valence-corrected chi connectivity index (χ4v) is 17.7. The third kappa shape index (κ3) is 15.1. The summed E-state index contributed by atoms with van der Waals surface area (Å²) < 4.78 is 0. The molecule has 0 bridgehead atoms. The molecule has 0 spiro atoms. The van der Waals surface area contributed by atoms with Gasteiger partial charge >= 0.3 is 0 Å². The first-order valence-corrected chi connectivity index (χ1v) is 42.9. The van der Waals surface area contributed by atoms with E-state index in [0.717, 1.165) is 205 Å². The van der Waals surface area contributed by atoms with Crippen molar-refractivity contribution in [3.63, 3.8) is 0 Å². The van der Waals surface area contributed by atoms with Crippen LogP contribution in [-0.4, -0.2) is 54.8 Å². The number of para-hydroxylation sites is 6. The van der Waals surface area contributed by atoms with Gasteiger partial charge in [0.1, 0.15) is 0 Å². The molecule has 0 aliphatic rings. The van der Waals surface area contributed by atoms with Crippen LogP contribution in [0.3, 0.4) is 0 Å². The minimum Gasteiger partial charge on any atom is -0.256 e. The molecular formula is C117H77N11. The van der Waals surface area contributed by atoms with Gasteiger partial charge in [-0.1, -0.05) is 315 Å². The molecule has 11 heteroatoms. The van der Waals surface area contributed by atoms with Crippen LogP contribution in [0.2, 0.25) is 0 Å². The molecule has 128 heavy (non-hydrogen) atoms. The molecule has 0 unspecified atom stereocenters. The predicted octanol–water partition coefficient (Wildman–Crippen LogP) is 29.4. The Bertz CT molecular complexity index is 8390. The summed E-state index contributed by atoms with van der Waals surface area (Å²) in [5, 5.41) is 13.8. The molecule has 11 nitrogen and oxygen atoms in total. The van der Waals surface area contributed by atoms with Crippen molar-refractivity contribution in [2.75, 3.05) is 0 Å². The van der Waals surface area contributed by atoms with E-state index in [0.29, 0.717) is 0 Å². The smallest absolute Gasteiger partial charge is 0.0894 e. The molecule has 0 N–H and O–H groups in total. The second-order valence-electron chi connectivity index (χ2n) is 32.1. The second kappa shape index (κ2) is 33.6. The van der Waals surface area contributed by atoms with Crippen molar-refractivity contribution in [2.24, 2.45) is 0 Å². The highest BCUT2D eigenvalue weighted by Crippen LogP contribution is 2.42. The Morgan fingerprint density at radius 2 is 0.461 bits per heavy atom. The van der Waals surface area contributed by atoms with Crippen molar-refractivity contribution in [1.82, 2.24) is 54.8 Å². The molecule has 600 valence electrons. The minimum atomic E-state index is 0.850. The second-order valence-corrected chi connectivity index (χ2v) is 32.1. The summed E-state index contributed by atoms with van der Waals surface area (Å²) >= 11 is 0. The summed E-state index contributed by atoms with van der Waals surface area (Å²) in [7, 11) is 0. The molecule has 0 amide bonds. The number of aryl methyl sites for hydroxylation is 2. The topological polar surface area (TPSA) is 142 Å². The largest absolute Gasteiger partial charge is 0.256 e. The Labute approximate surface area is 739 Å². The zero-order valence-corrected chi connectivity index (χ0v) is 69.9. The lowest BCUT2D eigenvalue weighted by Crippen LogP contribution is -1.94. The van der Waals surface area contributed by atoms with Crippen LogP contribution in [0.1, 0.15) is 11.1 Å². The molecular weight excluding hydrogens is 1560 g/mol. The van der Waals surface area contributed by atoms with E-state index in [1.54, 1.807) is 0 Å². The van der Waals surface area contributed by atoms with Gasteiger partial charge in [-0.15, -0.1) is 0 Å². The molecule has 0 aliphatic carbocycles. The number of pyridine rings is 7. The van der Waals surface area contributed by atoms with Crippen LogP contribution in [0.4, 0.5) is 0 Å². The van der Waals surface area contributed by atoms with Crippen molar-refractivity contribution in [2.45, 2.75) is 13.8 Å². The number of benzene rings is 15. The predicted molar refractivity (Wildman–Crippen MR) is 527 cm³/mol. The minimum absolute atomic E-state index is 0.850. The van der Waals surface area contributed by atoms with Crippen molar-refractivity contribution < 1.29 is 0 Å². The van der Waals surface area contributed by atoms with Gasteiger partial charge in [0.05, 0.1) is 102 Å². The number of nitrogens with zero attached hydrogens (tertiary/aromatic N) is 11. The molecule has 15 aromatic carbocycles. The summed E-state index contributed by atoms with van der Waals surface area (Å²) in [5.41, 5.74) is 32.8. The van der Waals surface area contributed by atoms with Crippen molar-refractivity contribution in [3.05, 3.63) is 443 Å². The van der Waals surface area contributed by atoms with Crippen molar-refractivity contribution >= 4 is 97.7 Å². The van der Waals surface area contributed by atoms with Gasteiger partial charge in [-0.3, -0.25) is 29.9 Å². The third-order valence-electron chi connectivity index (χ3n) is 24.1. The van der Waals surface area contributed by atoms with E-state index in [-0.39, 0.29) is 0 Å². The number of rotatable bonds is 12. The number of hydrogen-bond acceptors (Lipinski definition) is 11. The van der Waals surface area contributed by atoms with Gasteiger partial charge in [-0.25, -0.2) is 24.9 Å². The number of fused-ring (bicyclic) bond motifs is 9. The van der Waals surface area contributed by atoms with Gasteiger partial charge in [0.15, 0.2) is 0 Å². The first-order chi connectivity index (χ1) is 63.2. The highest BCUT2D eigenvalue weighted by Gasteiger charge is 2.20. The lowest BCUT2D eigenvalue weighted by Gasteiger charge is -2.15. The number of hydrogen-bond donors (Lipinski definition) is 0. The molecule has 24 rings (SSSR count). The molecule has 9 aromatic heterocycles. The van der Waals surface area contributed by atoms with Crippen LogP contribution in [0.15, 0.2) is 431 Å². The Morgan fingerprint density at radius 1 is 0.164 bits per heavy atom. The molecule has 0 atom stereocenters. The fraction of sp³-hybridized carbons (Fsp3) is 0.0171. The Hall–Kier alpha value is -17.2. The van der Waals surface area contributed by atoms with Crippen LogP contribution < -0.4 is 0 Å². The van der Waals surface area contributed by atoms with Crippen LogP contribution in [0.25, 0.3) is 233 Å². The summed E-state index contributed by atoms with van der Waals surface area (Å²) in [6.45, 7) is 4.35. The van der Waals surface area contributed by atoms with Gasteiger partial charge in [-0.2, -0.15) is 0 Å². The van der Waals surface area contributed by atoms with Gasteiger partial charge < -0.3 is 0 Å². The molecule has 0 saturated carbocycles. The van der Waals surface area contributed by atoms with Gasteiger partial charge in [0, 0.05) is 129 Å². The highest BCUT2D eigenvalue weighted by molar-refractivity contribution is 6.04. The quantitative estimate of drug-likeness (QED) is 0.115. The van der Waals surface area contributed by atoms with E-state index in [1.165, 1.54) is 38.4 Å². The van der Waals surface area contributed by atoms with E-state index in [1.807, 2.05) is 97.8 Å². The van der Waals surface area contributed by atoms with Crippen LogP contribution in [-0.2, 0) is 0 Å². The number of aromatic nitrogens is 11. The van der Waals surface area contributed by atoms with Gasteiger partial charge in [0.2, 0.25) is 0 Å². The highest BCUT2D eigenvalue weighted by atomic mass is 14.8. The summed E-state index contributed by atoms with van der Waals surface area (Å²) in [6, 6.07) is 137. The van der Waals surface area contributed by atoms with E-state index in [4.69, 9.17) is 44.9 Å². The van der Waals surface area contributed by atoms with E-state index < -0.39 is 0 Å². The molecule has 9 heterocycles. The molecule has 0 radical (unpaired) electrons. The first kappa shape index (κ1) is 76.9. The zero-order valence-electron chi connectivity index (χ0n) is 69.9. The molecule has 24 aromatic rings. The lowest BCUT2D eigenvalue weighted by atomic mass is 9.93. The van der Waals surface area contributed by atoms with Crippen molar-refractivity contribution in [3.8, 4) is 135 Å². The van der Waals surface area contributed by atoms with E-state index >= 15 is 0 Å². The molecule has 0 saturated heterocycles.